The van der Waals surface area contributed by atoms with Crippen LogP contribution in [0.4, 0.5) is 0 Å². The van der Waals surface area contributed by atoms with E-state index in [1.807, 2.05) is 42.5 Å². The van der Waals surface area contributed by atoms with Crippen molar-refractivity contribution < 1.29 is 9.47 Å². The summed E-state index contributed by atoms with van der Waals surface area (Å²) in [6, 6.07) is 18.2. The Morgan fingerprint density at radius 1 is 0.952 bits per heavy atom. The van der Waals surface area contributed by atoms with E-state index in [9.17, 15) is 0 Å². The second-order valence-corrected chi connectivity index (χ2v) is 5.10. The van der Waals surface area contributed by atoms with Crippen LogP contribution in [0.25, 0.3) is 0 Å². The quantitative estimate of drug-likeness (QED) is 0.792. The van der Waals surface area contributed by atoms with Gasteiger partial charge in [-0.2, -0.15) is 0 Å². The van der Waals surface area contributed by atoms with E-state index in [0.29, 0.717) is 13.2 Å². The van der Waals surface area contributed by atoms with Gasteiger partial charge in [-0.3, -0.25) is 0 Å². The van der Waals surface area contributed by atoms with Crippen LogP contribution < -0.4 is 10.5 Å². The molecule has 2 aromatic rings. The van der Waals surface area contributed by atoms with Crippen LogP contribution in [0.1, 0.15) is 30.0 Å². The lowest BCUT2D eigenvalue weighted by atomic mass is 9.89. The Bertz CT molecular complexity index is 542. The van der Waals surface area contributed by atoms with Crippen molar-refractivity contribution in [3.63, 3.8) is 0 Å². The topological polar surface area (TPSA) is 44.5 Å². The molecule has 3 heteroatoms. The van der Waals surface area contributed by atoms with Crippen molar-refractivity contribution >= 4 is 0 Å². The van der Waals surface area contributed by atoms with Gasteiger partial charge < -0.3 is 15.2 Å². The number of para-hydroxylation sites is 1. The molecule has 0 aliphatic heterocycles. The van der Waals surface area contributed by atoms with Crippen molar-refractivity contribution in [3.05, 3.63) is 65.7 Å². The van der Waals surface area contributed by atoms with E-state index in [-0.39, 0.29) is 12.0 Å². The molecule has 0 aliphatic rings. The van der Waals surface area contributed by atoms with Crippen molar-refractivity contribution in [3.8, 4) is 5.75 Å². The molecule has 0 aromatic heterocycles. The smallest absolute Gasteiger partial charge is 0.124 e. The van der Waals surface area contributed by atoms with E-state index in [2.05, 4.69) is 19.1 Å². The molecule has 0 heterocycles. The first-order valence-electron chi connectivity index (χ1n) is 7.25. The van der Waals surface area contributed by atoms with Crippen molar-refractivity contribution in [2.24, 2.45) is 5.73 Å². The van der Waals surface area contributed by atoms with Crippen LogP contribution in [0.2, 0.25) is 0 Å². The summed E-state index contributed by atoms with van der Waals surface area (Å²) in [5.41, 5.74) is 8.73. The molecule has 0 saturated heterocycles. The summed E-state index contributed by atoms with van der Waals surface area (Å²) >= 11 is 0. The maximum atomic E-state index is 6.46. The van der Waals surface area contributed by atoms with Crippen LogP contribution in [-0.2, 0) is 4.74 Å². The molecular weight excluding hydrogens is 262 g/mol. The summed E-state index contributed by atoms with van der Waals surface area (Å²) in [6.07, 6.45) is 0. The number of benzene rings is 2. The van der Waals surface area contributed by atoms with Crippen molar-refractivity contribution in [1.82, 2.24) is 0 Å². The minimum absolute atomic E-state index is 0.105. The average Bonchev–Trinajstić information content (AvgIpc) is 2.55. The molecule has 3 nitrogen and oxygen atoms in total. The minimum Gasteiger partial charge on any atom is -0.491 e. The Morgan fingerprint density at radius 2 is 1.62 bits per heavy atom. The highest BCUT2D eigenvalue weighted by Gasteiger charge is 2.19. The molecule has 112 valence electrons. The predicted molar refractivity (Wildman–Crippen MR) is 85.6 cm³/mol. The lowest BCUT2D eigenvalue weighted by Crippen LogP contribution is -2.19. The molecule has 0 radical (unpaired) electrons. The van der Waals surface area contributed by atoms with Gasteiger partial charge in [0.25, 0.3) is 0 Å². The van der Waals surface area contributed by atoms with Crippen LogP contribution in [0.3, 0.4) is 0 Å². The molecule has 21 heavy (non-hydrogen) atoms. The van der Waals surface area contributed by atoms with Crippen molar-refractivity contribution in [2.75, 3.05) is 20.3 Å². The van der Waals surface area contributed by atoms with E-state index in [4.69, 9.17) is 15.2 Å². The summed E-state index contributed by atoms with van der Waals surface area (Å²) in [7, 11) is 1.67. The number of methoxy groups -OCH3 is 1. The van der Waals surface area contributed by atoms with Gasteiger partial charge in [0.1, 0.15) is 12.4 Å². The molecule has 2 unspecified atom stereocenters. The first-order valence-corrected chi connectivity index (χ1v) is 7.25. The molecule has 0 bridgehead atoms. The average molecular weight is 285 g/mol. The summed E-state index contributed by atoms with van der Waals surface area (Å²) in [5, 5.41) is 0. The fourth-order valence-corrected chi connectivity index (χ4v) is 2.36. The second-order valence-electron chi connectivity index (χ2n) is 5.10. The highest BCUT2D eigenvalue weighted by Crippen LogP contribution is 2.33. The lowest BCUT2D eigenvalue weighted by Gasteiger charge is -2.23. The Labute approximate surface area is 126 Å². The molecular formula is C18H23NO2. The van der Waals surface area contributed by atoms with E-state index in [1.54, 1.807) is 7.11 Å². The van der Waals surface area contributed by atoms with Gasteiger partial charge in [0.15, 0.2) is 0 Å². The van der Waals surface area contributed by atoms with Crippen molar-refractivity contribution in [2.45, 2.75) is 18.9 Å². The molecule has 0 aliphatic carbocycles. The van der Waals surface area contributed by atoms with Crippen LogP contribution in [0.15, 0.2) is 54.6 Å². The number of hydrogen-bond donors (Lipinski definition) is 1. The molecule has 2 rings (SSSR count). The second kappa shape index (κ2) is 7.81. The fraction of sp³-hybridized carbons (Fsp3) is 0.333. The normalized spacial score (nSPS) is 13.7. The number of ether oxygens (including phenoxy) is 2. The molecule has 2 atom stereocenters. The molecule has 0 fully saturated rings. The van der Waals surface area contributed by atoms with Gasteiger partial charge in [0.2, 0.25) is 0 Å². The van der Waals surface area contributed by atoms with Gasteiger partial charge in [-0.25, -0.2) is 0 Å². The Hall–Kier alpha value is -1.84. The summed E-state index contributed by atoms with van der Waals surface area (Å²) in [6.45, 7) is 3.24. The van der Waals surface area contributed by atoms with Gasteiger partial charge >= 0.3 is 0 Å². The van der Waals surface area contributed by atoms with Crippen LogP contribution in [0, 0.1) is 0 Å². The minimum atomic E-state index is -0.105. The molecule has 2 aromatic carbocycles. The SMILES string of the molecule is COCCOc1ccccc1C(N)C(C)c1ccccc1. The van der Waals surface area contributed by atoms with Crippen LogP contribution in [-0.4, -0.2) is 20.3 Å². The van der Waals surface area contributed by atoms with Gasteiger partial charge in [-0.1, -0.05) is 55.5 Å². The number of nitrogens with two attached hydrogens (primary N) is 1. The molecule has 0 amide bonds. The van der Waals surface area contributed by atoms with Gasteiger partial charge in [-0.05, 0) is 11.6 Å². The van der Waals surface area contributed by atoms with Gasteiger partial charge in [0, 0.05) is 24.6 Å². The van der Waals surface area contributed by atoms with Gasteiger partial charge in [0.05, 0.1) is 6.61 Å². The Kier molecular flexibility index (Phi) is 5.78. The third-order valence-electron chi connectivity index (χ3n) is 3.69. The first kappa shape index (κ1) is 15.5. The molecule has 0 saturated carbocycles. The van der Waals surface area contributed by atoms with Gasteiger partial charge in [-0.15, -0.1) is 0 Å². The highest BCUT2D eigenvalue weighted by molar-refractivity contribution is 5.38. The third-order valence-corrected chi connectivity index (χ3v) is 3.69. The summed E-state index contributed by atoms with van der Waals surface area (Å²) in [5.74, 6) is 1.06. The van der Waals surface area contributed by atoms with E-state index in [1.165, 1.54) is 5.56 Å². The zero-order chi connectivity index (χ0) is 15.1. The maximum absolute atomic E-state index is 6.46. The monoisotopic (exact) mass is 285 g/mol. The summed E-state index contributed by atoms with van der Waals surface area (Å²) < 4.78 is 10.8. The molecule has 2 N–H and O–H groups in total. The van der Waals surface area contributed by atoms with E-state index < -0.39 is 0 Å². The van der Waals surface area contributed by atoms with Crippen LogP contribution in [0.5, 0.6) is 5.75 Å². The maximum Gasteiger partial charge on any atom is 0.124 e. The van der Waals surface area contributed by atoms with Crippen molar-refractivity contribution in [1.29, 1.82) is 0 Å². The zero-order valence-electron chi connectivity index (χ0n) is 12.7. The lowest BCUT2D eigenvalue weighted by molar-refractivity contribution is 0.145. The Balaban J connectivity index is 2.16. The molecule has 0 spiro atoms. The first-order chi connectivity index (χ1) is 10.2. The number of hydrogen-bond acceptors (Lipinski definition) is 3. The van der Waals surface area contributed by atoms with Crippen LogP contribution >= 0.6 is 0 Å². The Morgan fingerprint density at radius 3 is 2.33 bits per heavy atom. The number of rotatable bonds is 7. The zero-order valence-corrected chi connectivity index (χ0v) is 12.7. The van der Waals surface area contributed by atoms with E-state index in [0.717, 1.165) is 11.3 Å². The van der Waals surface area contributed by atoms with E-state index >= 15 is 0 Å². The summed E-state index contributed by atoms with van der Waals surface area (Å²) in [4.78, 5) is 0. The predicted octanol–water partition coefficient (Wildman–Crippen LogP) is 3.52. The fourth-order valence-electron chi connectivity index (χ4n) is 2.36. The standard InChI is InChI=1S/C18H23NO2/c1-14(15-8-4-3-5-9-15)18(19)16-10-6-7-11-17(16)21-13-12-20-2/h3-11,14,18H,12-13,19H2,1-2H3. The highest BCUT2D eigenvalue weighted by atomic mass is 16.5. The third kappa shape index (κ3) is 4.06. The largest absolute Gasteiger partial charge is 0.491 e.